The van der Waals surface area contributed by atoms with Crippen molar-refractivity contribution in [2.45, 2.75) is 6.92 Å². The molecule has 28 heavy (non-hydrogen) atoms. The Morgan fingerprint density at radius 2 is 1.75 bits per heavy atom. The summed E-state index contributed by atoms with van der Waals surface area (Å²) in [5.74, 6) is 0.746. The Kier molecular flexibility index (Phi) is 5.00. The number of rotatable bonds is 3. The van der Waals surface area contributed by atoms with Crippen LogP contribution >= 0.6 is 11.3 Å². The van der Waals surface area contributed by atoms with Gasteiger partial charge in [-0.1, -0.05) is 6.07 Å². The number of fused-ring (bicyclic) bond motifs is 1. The molecule has 0 N–H and O–H groups in total. The first-order valence-electron chi connectivity index (χ1n) is 9.14. The molecule has 3 aromatic rings. The van der Waals surface area contributed by atoms with Crippen molar-refractivity contribution in [3.05, 3.63) is 57.9 Å². The Balaban J connectivity index is 1.49. The number of hydrogen-bond donors (Lipinski definition) is 0. The van der Waals surface area contributed by atoms with Crippen molar-refractivity contribution in [3.63, 3.8) is 0 Å². The molecule has 1 aliphatic heterocycles. The second-order valence-corrected chi connectivity index (χ2v) is 7.69. The lowest BCUT2D eigenvalue weighted by atomic mass is 10.1. The van der Waals surface area contributed by atoms with Crippen molar-refractivity contribution in [1.29, 1.82) is 0 Å². The van der Waals surface area contributed by atoms with Crippen LogP contribution in [0.1, 0.15) is 25.7 Å². The maximum atomic E-state index is 13.1. The molecule has 0 unspecified atom stereocenters. The van der Waals surface area contributed by atoms with E-state index >= 15 is 0 Å². The number of methoxy groups -OCH3 is 1. The average molecular weight is 395 g/mol. The van der Waals surface area contributed by atoms with E-state index in [1.54, 1.807) is 12.0 Å². The zero-order chi connectivity index (χ0) is 19.7. The molecule has 1 aromatic carbocycles. The van der Waals surface area contributed by atoms with Gasteiger partial charge in [0.25, 0.3) is 11.8 Å². The third-order valence-corrected chi connectivity index (χ3v) is 5.89. The Bertz CT molecular complexity index is 1020. The van der Waals surface area contributed by atoms with Crippen molar-refractivity contribution in [2.75, 3.05) is 33.3 Å². The first-order valence-corrected chi connectivity index (χ1v) is 10.0. The van der Waals surface area contributed by atoms with Crippen LogP contribution < -0.4 is 4.74 Å². The van der Waals surface area contributed by atoms with E-state index in [4.69, 9.17) is 4.74 Å². The lowest BCUT2D eigenvalue weighted by molar-refractivity contribution is 0.0537. The Morgan fingerprint density at radius 3 is 2.39 bits per heavy atom. The minimum absolute atomic E-state index is 0.0362. The highest BCUT2D eigenvalue weighted by Crippen LogP contribution is 2.23. The van der Waals surface area contributed by atoms with Gasteiger partial charge < -0.3 is 14.5 Å². The number of pyridine rings is 1. The van der Waals surface area contributed by atoms with Gasteiger partial charge >= 0.3 is 0 Å². The molecule has 0 spiro atoms. The van der Waals surface area contributed by atoms with Gasteiger partial charge in [0.15, 0.2) is 0 Å². The van der Waals surface area contributed by atoms with Gasteiger partial charge in [0.2, 0.25) is 0 Å². The molecule has 6 nitrogen and oxygen atoms in total. The molecule has 2 aromatic heterocycles. The van der Waals surface area contributed by atoms with Crippen LogP contribution in [0.25, 0.3) is 10.9 Å². The number of piperazine rings is 1. The fourth-order valence-corrected chi connectivity index (χ4v) is 4.12. The molecule has 3 heterocycles. The number of amides is 2. The highest BCUT2D eigenvalue weighted by atomic mass is 32.1. The number of benzene rings is 1. The number of aryl methyl sites for hydroxylation is 1. The minimum atomic E-state index is -0.0362. The van der Waals surface area contributed by atoms with E-state index in [2.05, 4.69) is 4.98 Å². The van der Waals surface area contributed by atoms with Gasteiger partial charge in [-0.2, -0.15) is 0 Å². The Labute approximate surface area is 167 Å². The van der Waals surface area contributed by atoms with Crippen LogP contribution in [0.3, 0.4) is 0 Å². The number of nitrogens with zero attached hydrogens (tertiary/aromatic N) is 3. The maximum absolute atomic E-state index is 13.1. The van der Waals surface area contributed by atoms with E-state index in [-0.39, 0.29) is 11.8 Å². The number of carbonyl (C=O) groups excluding carboxylic acids is 2. The van der Waals surface area contributed by atoms with Gasteiger partial charge in [0.1, 0.15) is 5.75 Å². The molecule has 1 fully saturated rings. The SMILES string of the molecule is COc1ccc2cc(C(=O)N3CCN(C(=O)c4cccs4)CC3)c(C)nc2c1. The predicted octanol–water partition coefficient (Wildman–Crippen LogP) is 3.21. The fraction of sp³-hybridized carbons (Fsp3) is 0.286. The summed E-state index contributed by atoms with van der Waals surface area (Å²) in [4.78, 5) is 34.5. The second kappa shape index (κ2) is 7.59. The molecule has 7 heteroatoms. The zero-order valence-electron chi connectivity index (χ0n) is 15.8. The Morgan fingerprint density at radius 1 is 1.04 bits per heavy atom. The summed E-state index contributed by atoms with van der Waals surface area (Å²) < 4.78 is 5.24. The largest absolute Gasteiger partial charge is 0.497 e. The summed E-state index contributed by atoms with van der Waals surface area (Å²) in [7, 11) is 1.62. The molecule has 144 valence electrons. The van der Waals surface area contributed by atoms with E-state index < -0.39 is 0 Å². The summed E-state index contributed by atoms with van der Waals surface area (Å²) in [6.45, 7) is 3.98. The van der Waals surface area contributed by atoms with Crippen LogP contribution in [0.2, 0.25) is 0 Å². The number of hydrogen-bond acceptors (Lipinski definition) is 5. The predicted molar refractivity (Wildman–Crippen MR) is 109 cm³/mol. The van der Waals surface area contributed by atoms with Crippen LogP contribution in [-0.2, 0) is 0 Å². The summed E-state index contributed by atoms with van der Waals surface area (Å²) in [6, 6.07) is 11.2. The quantitative estimate of drug-likeness (QED) is 0.683. The second-order valence-electron chi connectivity index (χ2n) is 6.74. The molecule has 0 atom stereocenters. The van der Waals surface area contributed by atoms with Gasteiger partial charge in [-0.3, -0.25) is 14.6 Å². The highest BCUT2D eigenvalue weighted by molar-refractivity contribution is 7.12. The van der Waals surface area contributed by atoms with Crippen molar-refractivity contribution < 1.29 is 14.3 Å². The molecular weight excluding hydrogens is 374 g/mol. The van der Waals surface area contributed by atoms with Crippen molar-refractivity contribution >= 4 is 34.1 Å². The van der Waals surface area contributed by atoms with Crippen LogP contribution in [0.5, 0.6) is 5.75 Å². The summed E-state index contributed by atoms with van der Waals surface area (Å²) in [5, 5.41) is 2.80. The van der Waals surface area contributed by atoms with Gasteiger partial charge in [-0.15, -0.1) is 11.3 Å². The van der Waals surface area contributed by atoms with Crippen molar-refractivity contribution in [3.8, 4) is 5.75 Å². The molecule has 0 aliphatic carbocycles. The lowest BCUT2D eigenvalue weighted by Crippen LogP contribution is -2.50. The van der Waals surface area contributed by atoms with E-state index in [1.807, 2.05) is 53.6 Å². The number of aromatic nitrogens is 1. The third-order valence-electron chi connectivity index (χ3n) is 5.03. The third kappa shape index (κ3) is 3.45. The number of carbonyl (C=O) groups is 2. The monoisotopic (exact) mass is 395 g/mol. The van der Waals surface area contributed by atoms with Crippen LogP contribution in [0.15, 0.2) is 41.8 Å². The molecule has 4 rings (SSSR count). The van der Waals surface area contributed by atoms with Crippen molar-refractivity contribution in [2.24, 2.45) is 0 Å². The molecule has 0 bridgehead atoms. The van der Waals surface area contributed by atoms with Crippen LogP contribution in [0, 0.1) is 6.92 Å². The smallest absolute Gasteiger partial charge is 0.264 e. The van der Waals surface area contributed by atoms with Gasteiger partial charge in [0, 0.05) is 37.6 Å². The molecule has 0 saturated carbocycles. The van der Waals surface area contributed by atoms with Crippen LogP contribution in [-0.4, -0.2) is 59.9 Å². The first-order chi connectivity index (χ1) is 13.6. The molecular formula is C21H21N3O3S. The maximum Gasteiger partial charge on any atom is 0.264 e. The normalized spacial score (nSPS) is 14.4. The van der Waals surface area contributed by atoms with Crippen LogP contribution in [0.4, 0.5) is 0 Å². The zero-order valence-corrected chi connectivity index (χ0v) is 16.7. The molecule has 1 aliphatic rings. The van der Waals surface area contributed by atoms with Crippen molar-refractivity contribution in [1.82, 2.24) is 14.8 Å². The number of thiophene rings is 1. The van der Waals surface area contributed by atoms with E-state index in [0.717, 1.165) is 21.5 Å². The molecule has 0 radical (unpaired) electrons. The van der Waals surface area contributed by atoms with Gasteiger partial charge in [-0.25, -0.2) is 0 Å². The van der Waals surface area contributed by atoms with E-state index in [9.17, 15) is 9.59 Å². The van der Waals surface area contributed by atoms with E-state index in [1.165, 1.54) is 11.3 Å². The highest BCUT2D eigenvalue weighted by Gasteiger charge is 2.27. The van der Waals surface area contributed by atoms with E-state index in [0.29, 0.717) is 37.4 Å². The minimum Gasteiger partial charge on any atom is -0.497 e. The standard InChI is InChI=1S/C21H21N3O3S/c1-14-17(12-15-5-6-16(27-2)13-18(15)22-14)20(25)23-7-9-24(10-8-23)21(26)19-4-3-11-28-19/h3-6,11-13H,7-10H2,1-2H3. The molecule has 2 amide bonds. The molecule has 1 saturated heterocycles. The lowest BCUT2D eigenvalue weighted by Gasteiger charge is -2.34. The Hall–Kier alpha value is -2.93. The van der Waals surface area contributed by atoms with Gasteiger partial charge in [0.05, 0.1) is 28.8 Å². The number of ether oxygens (including phenoxy) is 1. The fourth-order valence-electron chi connectivity index (χ4n) is 3.43. The van der Waals surface area contributed by atoms with Gasteiger partial charge in [-0.05, 0) is 36.6 Å². The first kappa shape index (κ1) is 18.4. The summed E-state index contributed by atoms with van der Waals surface area (Å²) in [5.41, 5.74) is 2.11. The average Bonchev–Trinajstić information content (AvgIpc) is 3.27. The summed E-state index contributed by atoms with van der Waals surface area (Å²) in [6.07, 6.45) is 0. The topological polar surface area (TPSA) is 62.7 Å². The summed E-state index contributed by atoms with van der Waals surface area (Å²) >= 11 is 1.45.